The van der Waals surface area contributed by atoms with Crippen LogP contribution >= 0.6 is 0 Å². The van der Waals surface area contributed by atoms with E-state index < -0.39 is 5.91 Å². The van der Waals surface area contributed by atoms with Crippen LogP contribution in [0.25, 0.3) is 16.9 Å². The Labute approximate surface area is 170 Å². The monoisotopic (exact) mass is 404 g/mol. The molecule has 1 amide bonds. The predicted octanol–water partition coefficient (Wildman–Crippen LogP) is 2.70. The van der Waals surface area contributed by atoms with Crippen molar-refractivity contribution in [1.82, 2.24) is 19.7 Å². The fourth-order valence-electron chi connectivity index (χ4n) is 3.54. The number of carbonyl (C=O) groups excluding carboxylic acids is 1. The molecule has 5 rings (SSSR count). The number of hydrogen-bond acceptors (Lipinski definition) is 6. The summed E-state index contributed by atoms with van der Waals surface area (Å²) in [5.41, 5.74) is 8.94. The number of nitrogens with two attached hydrogens (primary N) is 1. The quantitative estimate of drug-likeness (QED) is 0.530. The van der Waals surface area contributed by atoms with E-state index in [-0.39, 0.29) is 5.82 Å². The minimum atomic E-state index is -0.527. The van der Waals surface area contributed by atoms with Crippen molar-refractivity contribution in [2.75, 3.05) is 5.32 Å². The zero-order valence-electron chi connectivity index (χ0n) is 15.8. The molecular weight excluding hydrogens is 387 g/mol. The molecule has 3 heterocycles. The van der Waals surface area contributed by atoms with Crippen LogP contribution in [0.2, 0.25) is 0 Å². The number of fused-ring (bicyclic) bond motifs is 2. The van der Waals surface area contributed by atoms with Crippen LogP contribution in [-0.2, 0) is 24.5 Å². The maximum absolute atomic E-state index is 13.5. The van der Waals surface area contributed by atoms with Gasteiger partial charge in [-0.3, -0.25) is 4.79 Å². The summed E-state index contributed by atoms with van der Waals surface area (Å²) in [4.78, 5) is 20.9. The highest BCUT2D eigenvalue weighted by molar-refractivity contribution is 6.05. The zero-order chi connectivity index (χ0) is 20.7. The van der Waals surface area contributed by atoms with E-state index in [0.717, 1.165) is 16.8 Å². The van der Waals surface area contributed by atoms with Crippen LogP contribution in [0.3, 0.4) is 0 Å². The van der Waals surface area contributed by atoms with Crippen LogP contribution < -0.4 is 11.1 Å². The van der Waals surface area contributed by atoms with Crippen molar-refractivity contribution in [3.8, 4) is 5.95 Å². The molecule has 30 heavy (non-hydrogen) atoms. The predicted molar refractivity (Wildman–Crippen MR) is 107 cm³/mol. The molecule has 9 heteroatoms. The fraction of sp³-hybridized carbons (Fsp3) is 0.143. The molecule has 0 unspecified atom stereocenters. The third-order valence-electron chi connectivity index (χ3n) is 4.98. The normalized spacial score (nSPS) is 12.8. The molecule has 0 saturated heterocycles. The summed E-state index contributed by atoms with van der Waals surface area (Å²) in [6.07, 6.45) is 1.57. The summed E-state index contributed by atoms with van der Waals surface area (Å²) in [6.45, 7) is 1.16. The van der Waals surface area contributed by atoms with E-state index in [4.69, 9.17) is 10.5 Å². The van der Waals surface area contributed by atoms with E-state index in [1.54, 1.807) is 29.1 Å². The van der Waals surface area contributed by atoms with E-state index in [2.05, 4.69) is 20.4 Å². The third kappa shape index (κ3) is 3.15. The number of anilines is 1. The number of hydrogen-bond donors (Lipinski definition) is 2. The number of nitrogens with zero attached hydrogens (tertiary/aromatic N) is 4. The number of rotatable bonds is 5. The van der Waals surface area contributed by atoms with Crippen LogP contribution in [0.15, 0.2) is 48.7 Å². The van der Waals surface area contributed by atoms with E-state index >= 15 is 0 Å². The first-order chi connectivity index (χ1) is 14.6. The molecule has 2 aromatic carbocycles. The molecule has 0 bridgehead atoms. The molecule has 2 aromatic heterocycles. The van der Waals surface area contributed by atoms with Gasteiger partial charge < -0.3 is 15.8 Å². The van der Waals surface area contributed by atoms with E-state index in [9.17, 15) is 9.18 Å². The smallest absolute Gasteiger partial charge is 0.253 e. The van der Waals surface area contributed by atoms with Crippen LogP contribution in [0.5, 0.6) is 0 Å². The zero-order valence-corrected chi connectivity index (χ0v) is 15.8. The Morgan fingerprint density at radius 1 is 1.20 bits per heavy atom. The maximum Gasteiger partial charge on any atom is 0.253 e. The number of carbonyl (C=O) groups is 1. The second-order valence-corrected chi connectivity index (χ2v) is 6.93. The van der Waals surface area contributed by atoms with Crippen molar-refractivity contribution >= 4 is 22.6 Å². The second kappa shape index (κ2) is 7.20. The van der Waals surface area contributed by atoms with Crippen LogP contribution in [0, 0.1) is 5.82 Å². The van der Waals surface area contributed by atoms with Gasteiger partial charge in [0, 0.05) is 17.5 Å². The first-order valence-electron chi connectivity index (χ1n) is 9.33. The number of amides is 1. The van der Waals surface area contributed by atoms with Gasteiger partial charge >= 0.3 is 0 Å². The van der Waals surface area contributed by atoms with Crippen molar-refractivity contribution in [3.63, 3.8) is 0 Å². The summed E-state index contributed by atoms with van der Waals surface area (Å²) in [5.74, 6) is 0.129. The van der Waals surface area contributed by atoms with Crippen molar-refractivity contribution in [2.24, 2.45) is 5.73 Å². The van der Waals surface area contributed by atoms with Gasteiger partial charge in [0.1, 0.15) is 11.6 Å². The number of ether oxygens (including phenoxy) is 1. The van der Waals surface area contributed by atoms with Gasteiger partial charge in [0.2, 0.25) is 5.91 Å². The van der Waals surface area contributed by atoms with Crippen molar-refractivity contribution in [3.05, 3.63) is 76.9 Å². The first kappa shape index (κ1) is 18.2. The van der Waals surface area contributed by atoms with E-state index in [0.29, 0.717) is 48.0 Å². The number of aromatic nitrogens is 4. The van der Waals surface area contributed by atoms with Gasteiger partial charge in [0.25, 0.3) is 5.95 Å². The third-order valence-corrected chi connectivity index (χ3v) is 4.98. The fourth-order valence-corrected chi connectivity index (χ4v) is 3.54. The lowest BCUT2D eigenvalue weighted by atomic mass is 10.1. The van der Waals surface area contributed by atoms with E-state index in [1.165, 1.54) is 12.1 Å². The average Bonchev–Trinajstić information content (AvgIpc) is 3.38. The number of benzene rings is 2. The minimum Gasteiger partial charge on any atom is -0.370 e. The molecular formula is C21H17FN6O2. The lowest BCUT2D eigenvalue weighted by Crippen LogP contribution is -2.12. The second-order valence-electron chi connectivity index (χ2n) is 6.93. The Balaban J connectivity index is 1.56. The van der Waals surface area contributed by atoms with Gasteiger partial charge in [0.05, 0.1) is 36.2 Å². The summed E-state index contributed by atoms with van der Waals surface area (Å²) >= 11 is 0. The van der Waals surface area contributed by atoms with Crippen LogP contribution in [0.4, 0.5) is 10.2 Å². The van der Waals surface area contributed by atoms with Gasteiger partial charge in [0.15, 0.2) is 0 Å². The Bertz CT molecular complexity index is 1290. The first-order valence-corrected chi connectivity index (χ1v) is 9.33. The molecule has 0 spiro atoms. The standard InChI is InChI=1S/C21H17FN6O2/c22-13-4-1-3-12(7-13)8-24-20-16-10-30-11-17(16)26-21(27-20)28-18-6-2-5-14(19(23)29)15(18)9-25-28/h1-7,9H,8,10-11H2,(H2,23,29)(H,24,26,27). The van der Waals surface area contributed by atoms with Crippen LogP contribution in [-0.4, -0.2) is 25.7 Å². The summed E-state index contributed by atoms with van der Waals surface area (Å²) in [6, 6.07) is 11.6. The molecule has 1 aliphatic rings. The van der Waals surface area contributed by atoms with Gasteiger partial charge in [-0.1, -0.05) is 18.2 Å². The molecule has 0 aliphatic carbocycles. The number of primary amides is 1. The average molecular weight is 404 g/mol. The molecule has 0 atom stereocenters. The van der Waals surface area contributed by atoms with Gasteiger partial charge in [-0.15, -0.1) is 0 Å². The van der Waals surface area contributed by atoms with Gasteiger partial charge in [-0.05, 0) is 29.8 Å². The van der Waals surface area contributed by atoms with Crippen molar-refractivity contribution < 1.29 is 13.9 Å². The minimum absolute atomic E-state index is 0.292. The molecule has 8 nitrogen and oxygen atoms in total. The largest absolute Gasteiger partial charge is 0.370 e. The lowest BCUT2D eigenvalue weighted by molar-refractivity contribution is 0.100. The summed E-state index contributed by atoms with van der Waals surface area (Å²) in [5, 5.41) is 8.25. The topological polar surface area (TPSA) is 108 Å². The van der Waals surface area contributed by atoms with E-state index in [1.807, 2.05) is 12.1 Å². The molecule has 0 saturated carbocycles. The number of halogens is 1. The Morgan fingerprint density at radius 2 is 2.07 bits per heavy atom. The van der Waals surface area contributed by atoms with Gasteiger partial charge in [-0.25, -0.2) is 9.37 Å². The highest BCUT2D eigenvalue weighted by atomic mass is 19.1. The molecule has 0 fully saturated rings. The maximum atomic E-state index is 13.5. The molecule has 3 N–H and O–H groups in total. The van der Waals surface area contributed by atoms with Crippen LogP contribution in [0.1, 0.15) is 27.2 Å². The molecule has 4 aromatic rings. The highest BCUT2D eigenvalue weighted by Gasteiger charge is 2.22. The summed E-state index contributed by atoms with van der Waals surface area (Å²) in [7, 11) is 0. The Hall–Kier alpha value is -3.85. The van der Waals surface area contributed by atoms with Crippen molar-refractivity contribution in [1.29, 1.82) is 0 Å². The molecule has 150 valence electrons. The summed E-state index contributed by atoms with van der Waals surface area (Å²) < 4.78 is 20.6. The Morgan fingerprint density at radius 3 is 2.90 bits per heavy atom. The van der Waals surface area contributed by atoms with Gasteiger partial charge in [-0.2, -0.15) is 14.8 Å². The van der Waals surface area contributed by atoms with Crippen molar-refractivity contribution in [2.45, 2.75) is 19.8 Å². The highest BCUT2D eigenvalue weighted by Crippen LogP contribution is 2.27. The number of nitrogens with one attached hydrogen (secondary N) is 1. The lowest BCUT2D eigenvalue weighted by Gasteiger charge is -2.12. The SMILES string of the molecule is NC(=O)c1cccc2c1cnn2-c1nc2c(c(NCc3cccc(F)c3)n1)COC2. The molecule has 0 radical (unpaired) electrons. The molecule has 1 aliphatic heterocycles. The Kier molecular flexibility index (Phi) is 4.36.